The fourth-order valence-electron chi connectivity index (χ4n) is 3.43. The molecule has 0 aliphatic carbocycles. The van der Waals surface area contributed by atoms with Crippen molar-refractivity contribution in [1.82, 2.24) is 19.2 Å². The number of hydrogen-bond acceptors (Lipinski definition) is 4. The Labute approximate surface area is 191 Å². The van der Waals surface area contributed by atoms with E-state index in [1.54, 1.807) is 10.9 Å². The largest absolute Gasteiger partial charge is 0.311 e. The second-order valence-corrected chi connectivity index (χ2v) is 8.85. The van der Waals surface area contributed by atoms with Crippen LogP contribution < -0.4 is 5.32 Å². The number of anilines is 1. The number of rotatable bonds is 6. The Morgan fingerprint density at radius 1 is 1.10 bits per heavy atom. The van der Waals surface area contributed by atoms with Crippen LogP contribution in [0.3, 0.4) is 0 Å². The van der Waals surface area contributed by atoms with E-state index in [1.165, 1.54) is 11.3 Å². The van der Waals surface area contributed by atoms with Gasteiger partial charge in [-0.2, -0.15) is 5.10 Å². The molecule has 0 saturated heterocycles. The van der Waals surface area contributed by atoms with Gasteiger partial charge >= 0.3 is 0 Å². The first-order valence-corrected chi connectivity index (χ1v) is 11.4. The lowest BCUT2D eigenvalue weighted by atomic mass is 10.2. The number of nitrogens with one attached hydrogen (secondary N) is 1. The minimum atomic E-state index is -0.0920. The van der Waals surface area contributed by atoms with Crippen LogP contribution in [0.2, 0.25) is 0 Å². The molecule has 5 rings (SSSR count). The van der Waals surface area contributed by atoms with Crippen LogP contribution in [-0.2, 0) is 17.8 Å². The van der Waals surface area contributed by atoms with E-state index in [9.17, 15) is 4.79 Å². The lowest BCUT2D eigenvalue weighted by Gasteiger charge is -2.09. The number of thiazole rings is 1. The van der Waals surface area contributed by atoms with Crippen LogP contribution in [0.1, 0.15) is 11.3 Å². The molecule has 0 saturated carbocycles. The summed E-state index contributed by atoms with van der Waals surface area (Å²) in [4.78, 5) is 18.3. The SMILES string of the molecule is O=C(Cc1csc2nc(-c3ccccc3)cn12)Nc1ccnn1Cc1cccc(Br)c1. The van der Waals surface area contributed by atoms with Gasteiger partial charge in [0.1, 0.15) is 5.82 Å². The first kappa shape index (κ1) is 19.7. The van der Waals surface area contributed by atoms with Crippen LogP contribution in [-0.4, -0.2) is 25.1 Å². The summed E-state index contributed by atoms with van der Waals surface area (Å²) in [5.74, 6) is 0.581. The number of nitrogens with zero attached hydrogens (tertiary/aromatic N) is 4. The van der Waals surface area contributed by atoms with Crippen molar-refractivity contribution in [3.63, 3.8) is 0 Å². The molecule has 3 aromatic heterocycles. The Morgan fingerprint density at radius 2 is 1.97 bits per heavy atom. The fraction of sp³-hybridized carbons (Fsp3) is 0.0870. The maximum absolute atomic E-state index is 12.8. The normalized spacial score (nSPS) is 11.1. The van der Waals surface area contributed by atoms with E-state index in [4.69, 9.17) is 0 Å². The predicted molar refractivity (Wildman–Crippen MR) is 126 cm³/mol. The van der Waals surface area contributed by atoms with E-state index in [-0.39, 0.29) is 12.3 Å². The van der Waals surface area contributed by atoms with Crippen LogP contribution in [0.15, 0.2) is 82.9 Å². The molecule has 0 aliphatic heterocycles. The highest BCUT2D eigenvalue weighted by Crippen LogP contribution is 2.24. The highest BCUT2D eigenvalue weighted by Gasteiger charge is 2.14. The van der Waals surface area contributed by atoms with Gasteiger partial charge in [-0.05, 0) is 17.7 Å². The van der Waals surface area contributed by atoms with Gasteiger partial charge in [0, 0.05) is 33.4 Å². The third-order valence-corrected chi connectivity index (χ3v) is 6.28. The molecule has 6 nitrogen and oxygen atoms in total. The maximum Gasteiger partial charge on any atom is 0.231 e. The minimum absolute atomic E-state index is 0.0920. The molecule has 1 amide bonds. The predicted octanol–water partition coefficient (Wildman–Crippen LogP) is 5.25. The number of hydrogen-bond donors (Lipinski definition) is 1. The molecule has 2 aromatic carbocycles. The van der Waals surface area contributed by atoms with Crippen molar-refractivity contribution in [1.29, 1.82) is 0 Å². The molecule has 0 atom stereocenters. The zero-order valence-corrected chi connectivity index (χ0v) is 18.8. The van der Waals surface area contributed by atoms with E-state index in [0.29, 0.717) is 12.4 Å². The molecular formula is C23H18BrN5OS. The van der Waals surface area contributed by atoms with Crippen molar-refractivity contribution in [2.75, 3.05) is 5.32 Å². The van der Waals surface area contributed by atoms with Gasteiger partial charge in [-0.3, -0.25) is 9.20 Å². The lowest BCUT2D eigenvalue weighted by molar-refractivity contribution is -0.115. The van der Waals surface area contributed by atoms with Crippen molar-refractivity contribution in [3.05, 3.63) is 94.2 Å². The van der Waals surface area contributed by atoms with Crippen LogP contribution in [0, 0.1) is 0 Å². The number of fused-ring (bicyclic) bond motifs is 1. The van der Waals surface area contributed by atoms with E-state index < -0.39 is 0 Å². The summed E-state index contributed by atoms with van der Waals surface area (Å²) in [5, 5.41) is 9.32. The summed E-state index contributed by atoms with van der Waals surface area (Å²) in [6.45, 7) is 0.576. The van der Waals surface area contributed by atoms with E-state index in [2.05, 4.69) is 31.3 Å². The number of amides is 1. The molecule has 0 spiro atoms. The van der Waals surface area contributed by atoms with E-state index in [0.717, 1.165) is 31.9 Å². The molecule has 5 aromatic rings. The second-order valence-electron chi connectivity index (χ2n) is 7.10. The number of carbonyl (C=O) groups is 1. The zero-order chi connectivity index (χ0) is 21.2. The van der Waals surface area contributed by atoms with Crippen LogP contribution in [0.4, 0.5) is 5.82 Å². The Morgan fingerprint density at radius 3 is 2.81 bits per heavy atom. The molecule has 0 radical (unpaired) electrons. The molecule has 8 heteroatoms. The van der Waals surface area contributed by atoms with Gasteiger partial charge in [0.25, 0.3) is 0 Å². The zero-order valence-electron chi connectivity index (χ0n) is 16.4. The highest BCUT2D eigenvalue weighted by atomic mass is 79.9. The number of imidazole rings is 1. The van der Waals surface area contributed by atoms with Gasteiger partial charge in [0.05, 0.1) is 24.9 Å². The molecule has 0 unspecified atom stereocenters. The first-order valence-electron chi connectivity index (χ1n) is 9.73. The number of benzene rings is 2. The maximum atomic E-state index is 12.8. The van der Waals surface area contributed by atoms with Crippen LogP contribution >= 0.6 is 27.3 Å². The van der Waals surface area contributed by atoms with Gasteiger partial charge < -0.3 is 5.32 Å². The molecule has 0 bridgehead atoms. The number of aromatic nitrogens is 4. The molecule has 3 heterocycles. The number of carbonyl (C=O) groups excluding carboxylic acids is 1. The molecule has 1 N–H and O–H groups in total. The summed E-state index contributed by atoms with van der Waals surface area (Å²) in [6, 6.07) is 19.9. The standard InChI is InChI=1S/C23H18BrN5OS/c24-18-8-4-5-16(11-18)13-29-21(9-10-25-29)27-22(30)12-19-15-31-23-26-20(14-28(19)23)17-6-2-1-3-7-17/h1-11,14-15H,12-13H2,(H,27,30). The lowest BCUT2D eigenvalue weighted by Crippen LogP contribution is -2.18. The minimum Gasteiger partial charge on any atom is -0.311 e. The summed E-state index contributed by atoms with van der Waals surface area (Å²) in [6.07, 6.45) is 3.94. The van der Waals surface area contributed by atoms with Crippen molar-refractivity contribution in [2.24, 2.45) is 0 Å². The third-order valence-electron chi connectivity index (χ3n) is 4.90. The quantitative estimate of drug-likeness (QED) is 0.352. The number of halogens is 1. The van der Waals surface area contributed by atoms with Crippen molar-refractivity contribution in [3.8, 4) is 11.3 Å². The molecule has 0 aliphatic rings. The smallest absolute Gasteiger partial charge is 0.231 e. The van der Waals surface area contributed by atoms with Gasteiger partial charge in [-0.1, -0.05) is 58.4 Å². The summed E-state index contributed by atoms with van der Waals surface area (Å²) in [5.41, 5.74) is 3.97. The van der Waals surface area contributed by atoms with Crippen molar-refractivity contribution >= 4 is 44.0 Å². The topological polar surface area (TPSA) is 64.2 Å². The molecule has 0 fully saturated rings. The highest BCUT2D eigenvalue weighted by molar-refractivity contribution is 9.10. The Kier molecular flexibility index (Phi) is 5.40. The van der Waals surface area contributed by atoms with Crippen molar-refractivity contribution in [2.45, 2.75) is 13.0 Å². The van der Waals surface area contributed by atoms with Gasteiger partial charge in [-0.15, -0.1) is 11.3 Å². The van der Waals surface area contributed by atoms with E-state index >= 15 is 0 Å². The summed E-state index contributed by atoms with van der Waals surface area (Å²) in [7, 11) is 0. The third kappa shape index (κ3) is 4.30. The van der Waals surface area contributed by atoms with Crippen LogP contribution in [0.25, 0.3) is 16.2 Å². The van der Waals surface area contributed by atoms with E-state index in [1.807, 2.05) is 76.6 Å². The average molecular weight is 492 g/mol. The molecule has 154 valence electrons. The summed E-state index contributed by atoms with van der Waals surface area (Å²) < 4.78 is 4.79. The first-order chi connectivity index (χ1) is 15.2. The Hall–Kier alpha value is -3.23. The Balaban J connectivity index is 1.31. The van der Waals surface area contributed by atoms with Gasteiger partial charge in [-0.25, -0.2) is 9.67 Å². The van der Waals surface area contributed by atoms with Gasteiger partial charge in [0.2, 0.25) is 5.91 Å². The monoisotopic (exact) mass is 491 g/mol. The molecular weight excluding hydrogens is 474 g/mol. The van der Waals surface area contributed by atoms with Gasteiger partial charge in [0.15, 0.2) is 4.96 Å². The second kappa shape index (κ2) is 8.49. The molecule has 31 heavy (non-hydrogen) atoms. The average Bonchev–Trinajstić information content (AvgIpc) is 3.47. The Bertz CT molecular complexity index is 1350. The van der Waals surface area contributed by atoms with Crippen LogP contribution in [0.5, 0.6) is 0 Å². The fourth-order valence-corrected chi connectivity index (χ4v) is 4.75. The van der Waals surface area contributed by atoms with Crippen molar-refractivity contribution < 1.29 is 4.79 Å². The summed E-state index contributed by atoms with van der Waals surface area (Å²) >= 11 is 5.02.